The van der Waals surface area contributed by atoms with E-state index >= 15 is 0 Å². The van der Waals surface area contributed by atoms with Gasteiger partial charge in [0.1, 0.15) is 0 Å². The van der Waals surface area contributed by atoms with Crippen molar-refractivity contribution in [2.45, 2.75) is 13.3 Å². The average molecular weight is 225 g/mol. The molecular formula is C11H19N3O2. The van der Waals surface area contributed by atoms with E-state index in [-0.39, 0.29) is 24.3 Å². The van der Waals surface area contributed by atoms with E-state index in [0.29, 0.717) is 5.92 Å². The van der Waals surface area contributed by atoms with Crippen molar-refractivity contribution >= 4 is 11.8 Å². The van der Waals surface area contributed by atoms with Crippen LogP contribution in [0.1, 0.15) is 13.3 Å². The van der Waals surface area contributed by atoms with Crippen LogP contribution >= 0.6 is 0 Å². The fourth-order valence-corrected chi connectivity index (χ4v) is 2.01. The molecule has 0 spiro atoms. The first kappa shape index (κ1) is 11.4. The smallest absolute Gasteiger partial charge is 0.242 e. The maximum atomic E-state index is 11.7. The topological polar surface area (TPSA) is 61.4 Å². The van der Waals surface area contributed by atoms with Crippen molar-refractivity contribution in [1.82, 2.24) is 15.5 Å². The highest BCUT2D eigenvalue weighted by Crippen LogP contribution is 2.37. The number of hydrogen-bond donors (Lipinski definition) is 2. The van der Waals surface area contributed by atoms with E-state index < -0.39 is 0 Å². The van der Waals surface area contributed by atoms with Crippen LogP contribution in [0.5, 0.6) is 0 Å². The monoisotopic (exact) mass is 225 g/mol. The lowest BCUT2D eigenvalue weighted by Gasteiger charge is -2.27. The summed E-state index contributed by atoms with van der Waals surface area (Å²) in [6.45, 7) is 5.40. The van der Waals surface area contributed by atoms with E-state index in [1.165, 1.54) is 0 Å². The summed E-state index contributed by atoms with van der Waals surface area (Å²) in [6, 6.07) is 0. The summed E-state index contributed by atoms with van der Waals surface area (Å²) >= 11 is 0. The van der Waals surface area contributed by atoms with Gasteiger partial charge in [-0.05, 0) is 12.3 Å². The number of carbonyl (C=O) groups excluding carboxylic acids is 2. The van der Waals surface area contributed by atoms with E-state index in [0.717, 1.165) is 32.6 Å². The van der Waals surface area contributed by atoms with E-state index in [9.17, 15) is 9.59 Å². The van der Waals surface area contributed by atoms with Crippen molar-refractivity contribution in [3.8, 4) is 0 Å². The Kier molecular flexibility index (Phi) is 3.43. The third-order valence-corrected chi connectivity index (χ3v) is 3.33. The van der Waals surface area contributed by atoms with Crippen LogP contribution in [0.2, 0.25) is 0 Å². The van der Waals surface area contributed by atoms with Crippen LogP contribution in [0.15, 0.2) is 0 Å². The van der Waals surface area contributed by atoms with Gasteiger partial charge in [0.25, 0.3) is 0 Å². The van der Waals surface area contributed by atoms with Gasteiger partial charge < -0.3 is 15.5 Å². The van der Waals surface area contributed by atoms with Crippen LogP contribution in [0.3, 0.4) is 0 Å². The Labute approximate surface area is 95.6 Å². The molecule has 5 heteroatoms. The molecule has 2 amide bonds. The number of carbonyl (C=O) groups is 2. The zero-order valence-electron chi connectivity index (χ0n) is 9.66. The molecule has 1 saturated heterocycles. The first-order valence-electron chi connectivity index (χ1n) is 5.94. The Bertz CT molecular complexity index is 287. The highest BCUT2D eigenvalue weighted by atomic mass is 16.2. The maximum Gasteiger partial charge on any atom is 0.242 e. The van der Waals surface area contributed by atoms with Crippen LogP contribution in [0.25, 0.3) is 0 Å². The number of hydrogen-bond acceptors (Lipinski definition) is 3. The van der Waals surface area contributed by atoms with Gasteiger partial charge in [-0.3, -0.25) is 9.59 Å². The van der Waals surface area contributed by atoms with E-state index in [4.69, 9.17) is 0 Å². The molecule has 0 radical (unpaired) electrons. The van der Waals surface area contributed by atoms with Gasteiger partial charge in [-0.1, -0.05) is 6.92 Å². The van der Waals surface area contributed by atoms with Gasteiger partial charge in [0.15, 0.2) is 0 Å². The lowest BCUT2D eigenvalue weighted by atomic mass is 10.3. The first-order chi connectivity index (χ1) is 7.68. The molecule has 16 heavy (non-hydrogen) atoms. The van der Waals surface area contributed by atoms with Crippen LogP contribution in [0.4, 0.5) is 0 Å². The number of nitrogens with one attached hydrogen (secondary N) is 2. The van der Waals surface area contributed by atoms with Gasteiger partial charge in [0.05, 0.1) is 6.54 Å². The van der Waals surface area contributed by atoms with Crippen LogP contribution in [0, 0.1) is 11.8 Å². The quantitative estimate of drug-likeness (QED) is 0.660. The molecule has 0 aromatic rings. The minimum Gasteiger partial charge on any atom is -0.347 e. The molecule has 90 valence electrons. The summed E-state index contributed by atoms with van der Waals surface area (Å²) in [5, 5.41) is 5.91. The lowest BCUT2D eigenvalue weighted by molar-refractivity contribution is -0.133. The summed E-state index contributed by atoms with van der Waals surface area (Å²) in [5.41, 5.74) is 0. The van der Waals surface area contributed by atoms with Crippen molar-refractivity contribution in [3.63, 3.8) is 0 Å². The maximum absolute atomic E-state index is 11.7. The molecule has 1 saturated carbocycles. The minimum absolute atomic E-state index is 0.0307. The molecule has 2 aliphatic rings. The lowest BCUT2D eigenvalue weighted by Crippen LogP contribution is -2.49. The van der Waals surface area contributed by atoms with Crippen molar-refractivity contribution in [3.05, 3.63) is 0 Å². The molecule has 0 aromatic carbocycles. The Morgan fingerprint density at radius 3 is 2.56 bits per heavy atom. The summed E-state index contributed by atoms with van der Waals surface area (Å²) < 4.78 is 0. The normalized spacial score (nSPS) is 28.7. The molecular weight excluding hydrogens is 206 g/mol. The second kappa shape index (κ2) is 4.82. The third-order valence-electron chi connectivity index (χ3n) is 3.33. The molecule has 2 unspecified atom stereocenters. The Hall–Kier alpha value is -1.10. The highest BCUT2D eigenvalue weighted by molar-refractivity contribution is 5.87. The molecule has 2 rings (SSSR count). The molecule has 0 aromatic heterocycles. The van der Waals surface area contributed by atoms with Gasteiger partial charge in [-0.25, -0.2) is 0 Å². The number of rotatable bonds is 3. The predicted molar refractivity (Wildman–Crippen MR) is 59.7 cm³/mol. The summed E-state index contributed by atoms with van der Waals surface area (Å²) in [6.07, 6.45) is 0.966. The Morgan fingerprint density at radius 2 is 2.00 bits per heavy atom. The largest absolute Gasteiger partial charge is 0.347 e. The zero-order valence-corrected chi connectivity index (χ0v) is 9.66. The summed E-state index contributed by atoms with van der Waals surface area (Å²) in [5.74, 6) is 0.712. The molecule has 1 aliphatic heterocycles. The van der Waals surface area contributed by atoms with Crippen LogP contribution in [-0.2, 0) is 9.59 Å². The SMILES string of the molecule is CC1CC1C(=O)NCC(=O)N1CCNCC1. The number of amides is 2. The van der Waals surface area contributed by atoms with Crippen molar-refractivity contribution < 1.29 is 9.59 Å². The average Bonchev–Trinajstić information content (AvgIpc) is 3.04. The molecule has 1 aliphatic carbocycles. The van der Waals surface area contributed by atoms with Crippen LogP contribution < -0.4 is 10.6 Å². The predicted octanol–water partition coefficient (Wildman–Crippen LogP) is -0.810. The second-order valence-electron chi connectivity index (χ2n) is 4.67. The Morgan fingerprint density at radius 1 is 1.38 bits per heavy atom. The second-order valence-corrected chi connectivity index (χ2v) is 4.67. The van der Waals surface area contributed by atoms with Crippen molar-refractivity contribution in [2.24, 2.45) is 11.8 Å². The number of nitrogens with zero attached hydrogens (tertiary/aromatic N) is 1. The molecule has 2 atom stereocenters. The third kappa shape index (κ3) is 2.72. The van der Waals surface area contributed by atoms with Gasteiger partial charge in [0.2, 0.25) is 11.8 Å². The molecule has 0 bridgehead atoms. The minimum atomic E-state index is 0.0307. The zero-order chi connectivity index (χ0) is 11.5. The van der Waals surface area contributed by atoms with Crippen LogP contribution in [-0.4, -0.2) is 49.4 Å². The van der Waals surface area contributed by atoms with E-state index in [1.54, 1.807) is 4.90 Å². The van der Waals surface area contributed by atoms with Crippen molar-refractivity contribution in [1.29, 1.82) is 0 Å². The standard InChI is InChI=1S/C11H19N3O2/c1-8-6-9(8)11(16)13-7-10(15)14-4-2-12-3-5-14/h8-9,12H,2-7H2,1H3,(H,13,16). The highest BCUT2D eigenvalue weighted by Gasteiger charge is 2.39. The van der Waals surface area contributed by atoms with Gasteiger partial charge in [0, 0.05) is 32.1 Å². The molecule has 5 nitrogen and oxygen atoms in total. The molecule has 2 fully saturated rings. The van der Waals surface area contributed by atoms with Gasteiger partial charge in [-0.15, -0.1) is 0 Å². The fraction of sp³-hybridized carbons (Fsp3) is 0.818. The molecule has 2 N–H and O–H groups in total. The van der Waals surface area contributed by atoms with Gasteiger partial charge >= 0.3 is 0 Å². The van der Waals surface area contributed by atoms with E-state index in [1.807, 2.05) is 0 Å². The molecule has 1 heterocycles. The number of piperazine rings is 1. The first-order valence-corrected chi connectivity index (χ1v) is 5.94. The summed E-state index contributed by atoms with van der Waals surface area (Å²) in [7, 11) is 0. The Balaban J connectivity index is 1.68. The summed E-state index contributed by atoms with van der Waals surface area (Å²) in [4.78, 5) is 25.0. The van der Waals surface area contributed by atoms with Gasteiger partial charge in [-0.2, -0.15) is 0 Å². The van der Waals surface area contributed by atoms with E-state index in [2.05, 4.69) is 17.6 Å². The fourth-order valence-electron chi connectivity index (χ4n) is 2.01. The van der Waals surface area contributed by atoms with Crippen molar-refractivity contribution in [2.75, 3.05) is 32.7 Å².